The quantitative estimate of drug-likeness (QED) is 0.576. The number of hydrogen-bond acceptors (Lipinski definition) is 5. The van der Waals surface area contributed by atoms with Crippen molar-refractivity contribution in [1.29, 1.82) is 0 Å². The summed E-state index contributed by atoms with van der Waals surface area (Å²) >= 11 is 0. The van der Waals surface area contributed by atoms with Crippen LogP contribution in [0.1, 0.15) is 12.5 Å². The van der Waals surface area contributed by atoms with E-state index in [1.54, 1.807) is 14.0 Å². The number of carbonyl (C=O) groups excluding carboxylic acids is 1. The third-order valence-corrected chi connectivity index (χ3v) is 2.52. The Hall–Kier alpha value is -1.75. The molecule has 0 saturated heterocycles. The van der Waals surface area contributed by atoms with Crippen molar-refractivity contribution in [3.63, 3.8) is 0 Å². The van der Waals surface area contributed by atoms with Crippen LogP contribution in [0.15, 0.2) is 18.2 Å². The molecule has 1 rings (SSSR count). The zero-order chi connectivity index (χ0) is 14.1. The summed E-state index contributed by atoms with van der Waals surface area (Å²) in [7, 11) is 1.64. The van der Waals surface area contributed by atoms with Crippen LogP contribution in [0.4, 0.5) is 5.69 Å². The molecule has 0 bridgehead atoms. The summed E-state index contributed by atoms with van der Waals surface area (Å²) in [6.45, 7) is 5.23. The van der Waals surface area contributed by atoms with Gasteiger partial charge in [-0.2, -0.15) is 0 Å². The van der Waals surface area contributed by atoms with Gasteiger partial charge in [0.05, 0.1) is 20.3 Å². The maximum Gasteiger partial charge on any atom is 0.332 e. The minimum atomic E-state index is -0.330. The Morgan fingerprint density at radius 2 is 2.16 bits per heavy atom. The smallest absolute Gasteiger partial charge is 0.332 e. The largest absolute Gasteiger partial charge is 0.497 e. The third-order valence-electron chi connectivity index (χ3n) is 2.52. The van der Waals surface area contributed by atoms with Crippen molar-refractivity contribution in [2.75, 3.05) is 38.8 Å². The molecule has 5 heteroatoms. The standard InChI is InChI=1S/C14H21NO4/c1-4-19-14(16)10-18-8-7-15-13-6-5-12(17-3)9-11(13)2/h5-6,9,15H,4,7-8,10H2,1-3H3. The van der Waals surface area contributed by atoms with Gasteiger partial charge in [0.25, 0.3) is 0 Å². The van der Waals surface area contributed by atoms with Crippen molar-refractivity contribution < 1.29 is 19.0 Å². The Morgan fingerprint density at radius 3 is 2.79 bits per heavy atom. The SMILES string of the molecule is CCOC(=O)COCCNc1ccc(OC)cc1C. The number of hydrogen-bond donors (Lipinski definition) is 1. The van der Waals surface area contributed by atoms with Crippen molar-refractivity contribution in [3.8, 4) is 5.75 Å². The van der Waals surface area contributed by atoms with E-state index in [1.165, 1.54) is 0 Å². The molecule has 0 aliphatic rings. The Labute approximate surface area is 113 Å². The first kappa shape index (κ1) is 15.3. The molecule has 0 heterocycles. The highest BCUT2D eigenvalue weighted by atomic mass is 16.6. The summed E-state index contributed by atoms with van der Waals surface area (Å²) in [5.41, 5.74) is 2.13. The molecule has 0 amide bonds. The number of aryl methyl sites for hydroxylation is 1. The Bertz CT molecular complexity index is 406. The maximum absolute atomic E-state index is 11.0. The van der Waals surface area contributed by atoms with Gasteiger partial charge in [-0.05, 0) is 37.6 Å². The normalized spacial score (nSPS) is 10.1. The summed E-state index contributed by atoms with van der Waals surface area (Å²) < 4.78 is 15.1. The number of ether oxygens (including phenoxy) is 3. The molecule has 0 saturated carbocycles. The van der Waals surface area contributed by atoms with Crippen molar-refractivity contribution in [2.45, 2.75) is 13.8 Å². The lowest BCUT2D eigenvalue weighted by Crippen LogP contribution is -2.16. The van der Waals surface area contributed by atoms with E-state index < -0.39 is 0 Å². The fourth-order valence-electron chi connectivity index (χ4n) is 1.58. The second kappa shape index (κ2) is 8.37. The highest BCUT2D eigenvalue weighted by molar-refractivity contribution is 5.70. The first-order valence-electron chi connectivity index (χ1n) is 6.29. The van der Waals surface area contributed by atoms with Gasteiger partial charge >= 0.3 is 5.97 Å². The molecule has 5 nitrogen and oxygen atoms in total. The monoisotopic (exact) mass is 267 g/mol. The molecule has 0 spiro atoms. The van der Waals surface area contributed by atoms with E-state index in [4.69, 9.17) is 14.2 Å². The molecule has 1 aromatic rings. The molecule has 0 atom stereocenters. The van der Waals surface area contributed by atoms with Crippen LogP contribution in [0, 0.1) is 6.92 Å². The minimum Gasteiger partial charge on any atom is -0.497 e. The average Bonchev–Trinajstić information content (AvgIpc) is 2.40. The lowest BCUT2D eigenvalue weighted by atomic mass is 10.2. The zero-order valence-electron chi connectivity index (χ0n) is 11.7. The molecule has 0 radical (unpaired) electrons. The van der Waals surface area contributed by atoms with Gasteiger partial charge in [-0.25, -0.2) is 4.79 Å². The van der Waals surface area contributed by atoms with E-state index in [1.807, 2.05) is 25.1 Å². The van der Waals surface area contributed by atoms with Crippen molar-refractivity contribution >= 4 is 11.7 Å². The molecular weight excluding hydrogens is 246 g/mol. The van der Waals surface area contributed by atoms with Crippen molar-refractivity contribution in [1.82, 2.24) is 0 Å². The van der Waals surface area contributed by atoms with Crippen LogP contribution in [0.2, 0.25) is 0 Å². The molecule has 0 unspecified atom stereocenters. The Balaban J connectivity index is 2.24. The van der Waals surface area contributed by atoms with Crippen LogP contribution in [-0.4, -0.2) is 39.4 Å². The number of benzene rings is 1. The Kier molecular flexibility index (Phi) is 6.74. The van der Waals surface area contributed by atoms with Crippen molar-refractivity contribution in [3.05, 3.63) is 23.8 Å². The van der Waals surface area contributed by atoms with Crippen LogP contribution >= 0.6 is 0 Å². The molecule has 0 fully saturated rings. The average molecular weight is 267 g/mol. The summed E-state index contributed by atoms with van der Waals surface area (Å²) in [6.07, 6.45) is 0. The fraction of sp³-hybridized carbons (Fsp3) is 0.500. The van der Waals surface area contributed by atoms with E-state index in [0.29, 0.717) is 19.8 Å². The maximum atomic E-state index is 11.0. The van der Waals surface area contributed by atoms with E-state index in [0.717, 1.165) is 17.0 Å². The van der Waals surface area contributed by atoms with Gasteiger partial charge in [-0.3, -0.25) is 0 Å². The number of nitrogens with one attached hydrogen (secondary N) is 1. The van der Waals surface area contributed by atoms with Crippen molar-refractivity contribution in [2.24, 2.45) is 0 Å². The minimum absolute atomic E-state index is 0.00286. The summed E-state index contributed by atoms with van der Waals surface area (Å²) in [4.78, 5) is 11.0. The highest BCUT2D eigenvalue weighted by Gasteiger charge is 2.02. The van der Waals surface area contributed by atoms with Crippen LogP contribution in [0.25, 0.3) is 0 Å². The van der Waals surface area contributed by atoms with Crippen LogP contribution in [0.5, 0.6) is 5.75 Å². The second-order valence-corrected chi connectivity index (χ2v) is 3.97. The molecule has 106 valence electrons. The predicted molar refractivity (Wildman–Crippen MR) is 73.7 cm³/mol. The lowest BCUT2D eigenvalue weighted by molar-refractivity contribution is -0.148. The second-order valence-electron chi connectivity index (χ2n) is 3.97. The van der Waals surface area contributed by atoms with E-state index >= 15 is 0 Å². The first-order valence-corrected chi connectivity index (χ1v) is 6.29. The van der Waals surface area contributed by atoms with Gasteiger partial charge in [0.15, 0.2) is 0 Å². The van der Waals surface area contributed by atoms with E-state index in [9.17, 15) is 4.79 Å². The molecule has 0 aliphatic carbocycles. The summed E-state index contributed by atoms with van der Waals surface area (Å²) in [6, 6.07) is 5.82. The predicted octanol–water partition coefficient (Wildman–Crippen LogP) is 2.00. The highest BCUT2D eigenvalue weighted by Crippen LogP contribution is 2.20. The molecular formula is C14H21NO4. The van der Waals surface area contributed by atoms with E-state index in [-0.39, 0.29) is 12.6 Å². The van der Waals surface area contributed by atoms with Gasteiger partial charge in [0.2, 0.25) is 0 Å². The number of anilines is 1. The van der Waals surface area contributed by atoms with Crippen LogP contribution in [-0.2, 0) is 14.3 Å². The van der Waals surface area contributed by atoms with Crippen LogP contribution < -0.4 is 10.1 Å². The number of esters is 1. The Morgan fingerprint density at radius 1 is 1.37 bits per heavy atom. The molecule has 0 aliphatic heterocycles. The summed E-state index contributed by atoms with van der Waals surface area (Å²) in [5, 5.41) is 3.24. The van der Waals surface area contributed by atoms with Gasteiger partial charge in [-0.1, -0.05) is 0 Å². The number of rotatable bonds is 8. The zero-order valence-corrected chi connectivity index (χ0v) is 11.7. The summed E-state index contributed by atoms with van der Waals surface area (Å²) in [5.74, 6) is 0.504. The van der Waals surface area contributed by atoms with E-state index in [2.05, 4.69) is 5.32 Å². The third kappa shape index (κ3) is 5.61. The molecule has 1 aromatic carbocycles. The van der Waals surface area contributed by atoms with Gasteiger partial charge < -0.3 is 19.5 Å². The van der Waals surface area contributed by atoms with Crippen LogP contribution in [0.3, 0.4) is 0 Å². The van der Waals surface area contributed by atoms with Gasteiger partial charge in [0.1, 0.15) is 12.4 Å². The fourth-order valence-corrected chi connectivity index (χ4v) is 1.58. The number of carbonyl (C=O) groups is 1. The molecule has 1 N–H and O–H groups in total. The van der Waals surface area contributed by atoms with Gasteiger partial charge in [-0.15, -0.1) is 0 Å². The molecule has 19 heavy (non-hydrogen) atoms. The first-order chi connectivity index (χ1) is 9.17. The lowest BCUT2D eigenvalue weighted by Gasteiger charge is -2.11. The number of methoxy groups -OCH3 is 1. The topological polar surface area (TPSA) is 56.8 Å². The molecule has 0 aromatic heterocycles. The van der Waals surface area contributed by atoms with Gasteiger partial charge in [0, 0.05) is 12.2 Å².